The molecule has 0 saturated carbocycles. The fraction of sp³-hybridized carbons (Fsp3) is 0.625. The molecule has 0 N–H and O–H groups in total. The molecule has 1 rings (SSSR count). The first-order valence-corrected chi connectivity index (χ1v) is 6.88. The van der Waals surface area contributed by atoms with Crippen molar-refractivity contribution in [3.8, 4) is 0 Å². The summed E-state index contributed by atoms with van der Waals surface area (Å²) in [5.74, 6) is 0.0575. The summed E-state index contributed by atoms with van der Waals surface area (Å²) in [4.78, 5) is 0. The molecule has 0 aliphatic heterocycles. The van der Waals surface area contributed by atoms with Crippen LogP contribution in [-0.4, -0.2) is 18.7 Å². The van der Waals surface area contributed by atoms with Gasteiger partial charge in [0.25, 0.3) is 0 Å². The molecule has 0 fully saturated rings. The predicted octanol–water partition coefficient (Wildman–Crippen LogP) is 0.661. The van der Waals surface area contributed by atoms with Gasteiger partial charge in [-0.25, -0.2) is 17.6 Å². The van der Waals surface area contributed by atoms with E-state index >= 15 is 0 Å². The highest BCUT2D eigenvalue weighted by molar-refractivity contribution is 8.13. The van der Waals surface area contributed by atoms with E-state index in [4.69, 9.17) is 10.7 Å². The highest BCUT2D eigenvalue weighted by atomic mass is 35.7. The van der Waals surface area contributed by atoms with Crippen molar-refractivity contribution in [3.05, 3.63) is 18.7 Å². The van der Waals surface area contributed by atoms with Crippen LogP contribution in [0.2, 0.25) is 0 Å². The van der Waals surface area contributed by atoms with Crippen molar-refractivity contribution in [1.29, 1.82) is 0 Å². The van der Waals surface area contributed by atoms with Crippen LogP contribution in [0.4, 0.5) is 0 Å². The van der Waals surface area contributed by atoms with Crippen LogP contribution in [-0.2, 0) is 22.6 Å². The third kappa shape index (κ3) is 4.62. The van der Waals surface area contributed by atoms with Gasteiger partial charge in [0.2, 0.25) is 15.4 Å². The van der Waals surface area contributed by atoms with Gasteiger partial charge >= 0.3 is 0 Å². The van der Waals surface area contributed by atoms with E-state index in [-0.39, 0.29) is 5.75 Å². The molecule has 0 amide bonds. The summed E-state index contributed by atoms with van der Waals surface area (Å²) < 4.78 is 25.2. The highest BCUT2D eigenvalue weighted by Gasteiger charge is 2.05. The van der Waals surface area contributed by atoms with Crippen LogP contribution in [0.3, 0.4) is 0 Å². The van der Waals surface area contributed by atoms with Crippen molar-refractivity contribution >= 4 is 19.7 Å². The van der Waals surface area contributed by atoms with Gasteiger partial charge in [-0.1, -0.05) is 0 Å². The standard InChI is InChI=1S/C8H14ClN2O2S/c1-10-5-6-11(8-10)4-2-3-7-14(9,12)13/h5-6,8H,2-4,7H2,1H3/q+1. The molecule has 80 valence electrons. The maximum absolute atomic E-state index is 10.6. The zero-order chi connectivity index (χ0) is 10.6. The number of unbranched alkanes of at least 4 members (excludes halogenated alkanes) is 1. The molecule has 0 aliphatic rings. The van der Waals surface area contributed by atoms with E-state index in [2.05, 4.69) is 0 Å². The van der Waals surface area contributed by atoms with Gasteiger partial charge in [0.05, 0.1) is 19.3 Å². The van der Waals surface area contributed by atoms with Crippen LogP contribution in [0.5, 0.6) is 0 Å². The number of imidazole rings is 1. The Bertz CT molecular complexity index is 386. The largest absolute Gasteiger partial charge is 0.243 e. The second kappa shape index (κ2) is 4.79. The van der Waals surface area contributed by atoms with E-state index in [0.717, 1.165) is 13.0 Å². The van der Waals surface area contributed by atoms with Gasteiger partial charge in [-0.3, -0.25) is 0 Å². The summed E-state index contributed by atoms with van der Waals surface area (Å²) in [6.45, 7) is 0.827. The zero-order valence-electron chi connectivity index (χ0n) is 8.06. The Kier molecular flexibility index (Phi) is 3.95. The van der Waals surface area contributed by atoms with Crippen LogP contribution >= 0.6 is 10.7 Å². The second-order valence-corrected chi connectivity index (χ2v) is 6.16. The average molecular weight is 238 g/mol. The third-order valence-electron chi connectivity index (χ3n) is 1.88. The lowest BCUT2D eigenvalue weighted by Gasteiger charge is -1.95. The van der Waals surface area contributed by atoms with Crippen molar-refractivity contribution in [2.45, 2.75) is 19.4 Å². The van der Waals surface area contributed by atoms with Gasteiger partial charge in [-0.05, 0) is 12.8 Å². The Labute approximate surface area is 88.5 Å². The Morgan fingerprint density at radius 1 is 1.43 bits per heavy atom. The number of nitrogens with zero attached hydrogens (tertiary/aromatic N) is 2. The maximum atomic E-state index is 10.6. The topological polar surface area (TPSA) is 43.0 Å². The summed E-state index contributed by atoms with van der Waals surface area (Å²) in [5.41, 5.74) is 0. The fourth-order valence-corrected chi connectivity index (χ4v) is 2.08. The first-order valence-electron chi connectivity index (χ1n) is 4.41. The normalized spacial score (nSPS) is 11.9. The van der Waals surface area contributed by atoms with E-state index in [1.165, 1.54) is 0 Å². The number of halogens is 1. The van der Waals surface area contributed by atoms with E-state index in [0.29, 0.717) is 6.42 Å². The monoisotopic (exact) mass is 237 g/mol. The Morgan fingerprint density at radius 3 is 2.64 bits per heavy atom. The van der Waals surface area contributed by atoms with Crippen molar-refractivity contribution in [3.63, 3.8) is 0 Å². The average Bonchev–Trinajstić information content (AvgIpc) is 2.44. The Morgan fingerprint density at radius 2 is 2.14 bits per heavy atom. The van der Waals surface area contributed by atoms with Gasteiger partial charge in [0, 0.05) is 10.7 Å². The number of hydrogen-bond acceptors (Lipinski definition) is 2. The van der Waals surface area contributed by atoms with Crippen LogP contribution in [0.1, 0.15) is 12.8 Å². The smallest absolute Gasteiger partial charge is 0.240 e. The van der Waals surface area contributed by atoms with E-state index < -0.39 is 9.05 Å². The summed E-state index contributed by atoms with van der Waals surface area (Å²) in [6, 6.07) is 0. The number of hydrogen-bond donors (Lipinski definition) is 0. The third-order valence-corrected chi connectivity index (χ3v) is 3.12. The molecule has 0 bridgehead atoms. The molecule has 4 nitrogen and oxygen atoms in total. The predicted molar refractivity (Wildman–Crippen MR) is 54.5 cm³/mol. The fourth-order valence-electron chi connectivity index (χ4n) is 1.20. The number of aryl methyl sites for hydroxylation is 2. The van der Waals surface area contributed by atoms with Crippen molar-refractivity contribution in [1.82, 2.24) is 4.57 Å². The second-order valence-electron chi connectivity index (χ2n) is 3.27. The van der Waals surface area contributed by atoms with E-state index in [1.807, 2.05) is 34.9 Å². The summed E-state index contributed by atoms with van der Waals surface area (Å²) in [6.07, 6.45) is 7.27. The lowest BCUT2D eigenvalue weighted by molar-refractivity contribution is -0.671. The Balaban J connectivity index is 2.23. The van der Waals surface area contributed by atoms with Crippen molar-refractivity contribution < 1.29 is 13.0 Å². The first-order chi connectivity index (χ1) is 6.47. The molecule has 0 radical (unpaired) electrons. The number of rotatable bonds is 5. The van der Waals surface area contributed by atoms with Gasteiger partial charge in [-0.15, -0.1) is 0 Å². The maximum Gasteiger partial charge on any atom is 0.243 e. The molecule has 0 spiro atoms. The van der Waals surface area contributed by atoms with Crippen LogP contribution in [0.15, 0.2) is 18.7 Å². The molecule has 0 saturated heterocycles. The Hall–Kier alpha value is -0.550. The number of aromatic nitrogens is 2. The van der Waals surface area contributed by atoms with E-state index in [1.54, 1.807) is 0 Å². The molecular weight excluding hydrogens is 224 g/mol. The van der Waals surface area contributed by atoms with Crippen LogP contribution in [0.25, 0.3) is 0 Å². The first kappa shape index (κ1) is 11.5. The van der Waals surface area contributed by atoms with Gasteiger partial charge < -0.3 is 0 Å². The molecule has 1 aromatic heterocycles. The molecule has 0 aliphatic carbocycles. The lowest BCUT2D eigenvalue weighted by Crippen LogP contribution is -2.23. The van der Waals surface area contributed by atoms with Gasteiger partial charge in [-0.2, -0.15) is 0 Å². The minimum Gasteiger partial charge on any atom is -0.240 e. The zero-order valence-corrected chi connectivity index (χ0v) is 9.63. The summed E-state index contributed by atoms with van der Waals surface area (Å²) >= 11 is 0. The quantitative estimate of drug-likeness (QED) is 0.429. The van der Waals surface area contributed by atoms with Gasteiger partial charge in [0.15, 0.2) is 0 Å². The van der Waals surface area contributed by atoms with Crippen LogP contribution in [0, 0.1) is 0 Å². The van der Waals surface area contributed by atoms with Crippen molar-refractivity contribution in [2.24, 2.45) is 7.05 Å². The minimum atomic E-state index is -3.32. The highest BCUT2D eigenvalue weighted by Crippen LogP contribution is 2.02. The lowest BCUT2D eigenvalue weighted by atomic mass is 10.3. The van der Waals surface area contributed by atoms with Crippen molar-refractivity contribution in [2.75, 3.05) is 5.75 Å². The molecular formula is C8H14ClN2O2S+. The molecule has 1 aromatic rings. The molecule has 1 heterocycles. The van der Waals surface area contributed by atoms with E-state index in [9.17, 15) is 8.42 Å². The summed E-state index contributed by atoms with van der Waals surface area (Å²) in [5, 5.41) is 0. The SMILES string of the molecule is C[n+]1ccn(CCCCS(=O)(=O)Cl)c1. The minimum absolute atomic E-state index is 0.0575. The molecule has 0 aromatic carbocycles. The van der Waals surface area contributed by atoms with Gasteiger partial charge in [0.1, 0.15) is 12.4 Å². The van der Waals surface area contributed by atoms with Crippen LogP contribution < -0.4 is 4.57 Å². The molecule has 0 atom stereocenters. The molecule has 6 heteroatoms. The summed E-state index contributed by atoms with van der Waals surface area (Å²) in [7, 11) is 3.71. The molecule has 0 unspecified atom stereocenters. The molecule has 14 heavy (non-hydrogen) atoms.